The molecule has 0 saturated carbocycles. The third kappa shape index (κ3) is 2.28. The van der Waals surface area contributed by atoms with E-state index in [-0.39, 0.29) is 12.9 Å². The minimum absolute atomic E-state index is 0.194. The molecule has 1 amide bonds. The van der Waals surface area contributed by atoms with Gasteiger partial charge in [-0.3, -0.25) is 9.59 Å². The van der Waals surface area contributed by atoms with Crippen LogP contribution in [0.2, 0.25) is 0 Å². The van der Waals surface area contributed by atoms with Crippen LogP contribution in [0.4, 0.5) is 5.00 Å². The minimum Gasteiger partial charge on any atom is -0.462 e. The van der Waals surface area contributed by atoms with E-state index < -0.39 is 11.9 Å². The number of carbonyl (C=O) groups excluding carboxylic acids is 3. The lowest BCUT2D eigenvalue weighted by Gasteiger charge is -2.05. The molecule has 0 spiro atoms. The van der Waals surface area contributed by atoms with E-state index in [1.165, 1.54) is 11.3 Å². The first-order valence-electron chi connectivity index (χ1n) is 5.75. The fraction of sp³-hybridized carbons (Fsp3) is 0.417. The molecular formula is C12H13NO4S. The molecule has 1 aromatic heterocycles. The molecule has 1 aromatic rings. The lowest BCUT2D eigenvalue weighted by Crippen LogP contribution is -2.15. The van der Waals surface area contributed by atoms with Gasteiger partial charge in [0.1, 0.15) is 5.00 Å². The van der Waals surface area contributed by atoms with E-state index >= 15 is 0 Å². The van der Waals surface area contributed by atoms with E-state index in [0.29, 0.717) is 10.6 Å². The molecule has 1 heterocycles. The summed E-state index contributed by atoms with van der Waals surface area (Å²) in [6.07, 6.45) is 2.93. The number of fused-ring (bicyclic) bond motifs is 1. The summed E-state index contributed by atoms with van der Waals surface area (Å²) < 4.78 is 5.00. The zero-order chi connectivity index (χ0) is 13.1. The van der Waals surface area contributed by atoms with Crippen molar-refractivity contribution in [2.24, 2.45) is 0 Å². The zero-order valence-corrected chi connectivity index (χ0v) is 10.8. The predicted octanol–water partition coefficient (Wildman–Crippen LogP) is 1.55. The van der Waals surface area contributed by atoms with Crippen LogP contribution < -0.4 is 5.32 Å². The molecule has 0 aliphatic heterocycles. The summed E-state index contributed by atoms with van der Waals surface area (Å²) in [7, 11) is 0. The van der Waals surface area contributed by atoms with Crippen LogP contribution >= 0.6 is 11.3 Å². The number of aldehydes is 1. The van der Waals surface area contributed by atoms with E-state index in [4.69, 9.17) is 4.74 Å². The smallest absolute Gasteiger partial charge is 0.341 e. The van der Waals surface area contributed by atoms with Crippen molar-refractivity contribution in [2.45, 2.75) is 26.2 Å². The van der Waals surface area contributed by atoms with Crippen molar-refractivity contribution in [1.29, 1.82) is 0 Å². The van der Waals surface area contributed by atoms with Crippen LogP contribution in [0.5, 0.6) is 0 Å². The van der Waals surface area contributed by atoms with Crippen molar-refractivity contribution in [3.8, 4) is 0 Å². The van der Waals surface area contributed by atoms with Gasteiger partial charge in [-0.2, -0.15) is 0 Å². The van der Waals surface area contributed by atoms with E-state index in [1.54, 1.807) is 6.92 Å². The Morgan fingerprint density at radius 3 is 2.89 bits per heavy atom. The summed E-state index contributed by atoms with van der Waals surface area (Å²) in [5.74, 6) is -1.18. The van der Waals surface area contributed by atoms with Crippen LogP contribution in [0, 0.1) is 0 Å². The van der Waals surface area contributed by atoms with Gasteiger partial charge in [0, 0.05) is 4.88 Å². The van der Waals surface area contributed by atoms with Gasteiger partial charge < -0.3 is 10.1 Å². The van der Waals surface area contributed by atoms with Crippen molar-refractivity contribution in [1.82, 2.24) is 0 Å². The standard InChI is InChI=1S/C12H13NO4S/c1-2-17-12(16)10-7-4-3-5-8(7)18-11(10)13-9(15)6-14/h6H,2-5H2,1H3,(H,13,15). The molecule has 0 saturated heterocycles. The van der Waals surface area contributed by atoms with E-state index in [0.717, 1.165) is 29.7 Å². The number of anilines is 1. The molecule has 2 rings (SSSR count). The quantitative estimate of drug-likeness (QED) is 0.510. The molecule has 1 N–H and O–H groups in total. The Bertz CT molecular complexity index is 506. The Labute approximate surface area is 108 Å². The molecule has 0 bridgehead atoms. The minimum atomic E-state index is -0.750. The van der Waals surface area contributed by atoms with Crippen molar-refractivity contribution < 1.29 is 19.1 Å². The molecular weight excluding hydrogens is 254 g/mol. The number of amides is 1. The van der Waals surface area contributed by atoms with Crippen LogP contribution in [-0.2, 0) is 27.2 Å². The van der Waals surface area contributed by atoms with Gasteiger partial charge in [0.2, 0.25) is 6.29 Å². The molecule has 6 heteroatoms. The zero-order valence-electron chi connectivity index (χ0n) is 9.95. The Hall–Kier alpha value is -1.69. The number of ether oxygens (including phenoxy) is 1. The van der Waals surface area contributed by atoms with Gasteiger partial charge in [-0.1, -0.05) is 0 Å². The van der Waals surface area contributed by atoms with Gasteiger partial charge in [0.25, 0.3) is 5.91 Å². The number of hydrogen-bond donors (Lipinski definition) is 1. The highest BCUT2D eigenvalue weighted by Gasteiger charge is 2.28. The average molecular weight is 267 g/mol. The Kier molecular flexibility index (Phi) is 3.76. The number of carbonyl (C=O) groups is 3. The Balaban J connectivity index is 2.36. The second-order valence-electron chi connectivity index (χ2n) is 3.89. The number of nitrogens with one attached hydrogen (secondary N) is 1. The largest absolute Gasteiger partial charge is 0.462 e. The molecule has 18 heavy (non-hydrogen) atoms. The van der Waals surface area contributed by atoms with E-state index in [1.807, 2.05) is 0 Å². The first kappa shape index (κ1) is 12.8. The van der Waals surface area contributed by atoms with Crippen LogP contribution in [0.3, 0.4) is 0 Å². The summed E-state index contributed by atoms with van der Waals surface area (Å²) in [6.45, 7) is 2.01. The molecule has 96 valence electrons. The van der Waals surface area contributed by atoms with Gasteiger partial charge in [-0.05, 0) is 31.7 Å². The summed E-state index contributed by atoms with van der Waals surface area (Å²) >= 11 is 1.35. The van der Waals surface area contributed by atoms with E-state index in [9.17, 15) is 14.4 Å². The number of hydrogen-bond acceptors (Lipinski definition) is 5. The van der Waals surface area contributed by atoms with Crippen LogP contribution in [0.25, 0.3) is 0 Å². The van der Waals surface area contributed by atoms with Crippen LogP contribution in [-0.4, -0.2) is 24.8 Å². The Morgan fingerprint density at radius 1 is 1.44 bits per heavy atom. The Morgan fingerprint density at radius 2 is 2.22 bits per heavy atom. The number of rotatable bonds is 4. The predicted molar refractivity (Wildman–Crippen MR) is 67.0 cm³/mol. The van der Waals surface area contributed by atoms with Crippen LogP contribution in [0.1, 0.15) is 34.1 Å². The summed E-state index contributed by atoms with van der Waals surface area (Å²) in [6, 6.07) is 0. The number of aryl methyl sites for hydroxylation is 1. The topological polar surface area (TPSA) is 72.5 Å². The molecule has 0 fully saturated rings. The maximum absolute atomic E-state index is 11.9. The van der Waals surface area contributed by atoms with Crippen molar-refractivity contribution >= 4 is 34.5 Å². The molecule has 0 unspecified atom stereocenters. The highest BCUT2D eigenvalue weighted by atomic mass is 32.1. The van der Waals surface area contributed by atoms with Gasteiger partial charge in [0.05, 0.1) is 12.2 Å². The van der Waals surface area contributed by atoms with Gasteiger partial charge >= 0.3 is 5.97 Å². The molecule has 5 nitrogen and oxygen atoms in total. The highest BCUT2D eigenvalue weighted by molar-refractivity contribution is 7.17. The average Bonchev–Trinajstić information content (AvgIpc) is 2.88. The summed E-state index contributed by atoms with van der Waals surface area (Å²) in [5.41, 5.74) is 1.38. The monoisotopic (exact) mass is 267 g/mol. The first-order valence-corrected chi connectivity index (χ1v) is 6.56. The van der Waals surface area contributed by atoms with Gasteiger partial charge in [-0.15, -0.1) is 11.3 Å². The summed E-state index contributed by atoms with van der Waals surface area (Å²) in [4.78, 5) is 34.5. The van der Waals surface area contributed by atoms with Gasteiger partial charge in [0.15, 0.2) is 0 Å². The second kappa shape index (κ2) is 5.30. The fourth-order valence-corrected chi connectivity index (χ4v) is 3.33. The fourth-order valence-electron chi connectivity index (χ4n) is 2.05. The number of esters is 1. The third-order valence-electron chi connectivity index (χ3n) is 2.74. The SMILES string of the molecule is CCOC(=O)c1c(NC(=O)C=O)sc2c1CCC2. The van der Waals surface area contributed by atoms with Crippen molar-refractivity contribution in [3.63, 3.8) is 0 Å². The van der Waals surface area contributed by atoms with E-state index in [2.05, 4.69) is 5.32 Å². The number of thiophene rings is 1. The summed E-state index contributed by atoms with van der Waals surface area (Å²) in [5, 5.41) is 2.87. The lowest BCUT2D eigenvalue weighted by atomic mass is 10.1. The molecule has 0 aromatic carbocycles. The van der Waals surface area contributed by atoms with Crippen LogP contribution in [0.15, 0.2) is 0 Å². The molecule has 1 aliphatic carbocycles. The first-order chi connectivity index (χ1) is 8.67. The lowest BCUT2D eigenvalue weighted by molar-refractivity contribution is -0.127. The highest BCUT2D eigenvalue weighted by Crippen LogP contribution is 2.39. The normalized spacial score (nSPS) is 12.9. The maximum atomic E-state index is 11.9. The molecule has 0 atom stereocenters. The third-order valence-corrected chi connectivity index (χ3v) is 3.95. The van der Waals surface area contributed by atoms with Crippen molar-refractivity contribution in [3.05, 3.63) is 16.0 Å². The molecule has 0 radical (unpaired) electrons. The van der Waals surface area contributed by atoms with Crippen molar-refractivity contribution in [2.75, 3.05) is 11.9 Å². The molecule has 1 aliphatic rings. The maximum Gasteiger partial charge on any atom is 0.341 e. The van der Waals surface area contributed by atoms with Gasteiger partial charge in [-0.25, -0.2) is 4.79 Å². The second-order valence-corrected chi connectivity index (χ2v) is 4.99.